The van der Waals surface area contributed by atoms with Crippen LogP contribution in [-0.2, 0) is 15.6 Å². The van der Waals surface area contributed by atoms with Crippen LogP contribution >= 0.6 is 0 Å². The van der Waals surface area contributed by atoms with Gasteiger partial charge in [0.25, 0.3) is 0 Å². The monoisotopic (exact) mass is 293 g/mol. The lowest BCUT2D eigenvalue weighted by molar-refractivity contribution is 0.0526. The fraction of sp³-hybridized carbons (Fsp3) is 0.533. The maximum absolute atomic E-state index is 12.1. The predicted molar refractivity (Wildman–Crippen MR) is 82.1 cm³/mol. The molecule has 5 heteroatoms. The molecule has 0 atom stereocenters. The Labute approximate surface area is 121 Å². The van der Waals surface area contributed by atoms with Gasteiger partial charge in [-0.2, -0.15) is 0 Å². The molecule has 0 bridgehead atoms. The summed E-state index contributed by atoms with van der Waals surface area (Å²) in [5.41, 5.74) is 2.58. The van der Waals surface area contributed by atoms with Crippen molar-refractivity contribution in [3.63, 3.8) is 0 Å². The first-order valence-corrected chi connectivity index (χ1v) is 10.6. The minimum atomic E-state index is -1.72. The van der Waals surface area contributed by atoms with Gasteiger partial charge in [-0.15, -0.1) is 0 Å². The first-order valence-electron chi connectivity index (χ1n) is 7.19. The van der Waals surface area contributed by atoms with E-state index in [4.69, 9.17) is 9.16 Å². The number of nitrogens with one attached hydrogen (secondary N) is 1. The van der Waals surface area contributed by atoms with Crippen LogP contribution < -0.4 is 0 Å². The Morgan fingerprint density at radius 3 is 2.80 bits per heavy atom. The van der Waals surface area contributed by atoms with Crippen molar-refractivity contribution < 1.29 is 14.0 Å². The van der Waals surface area contributed by atoms with Crippen LogP contribution in [0.4, 0.5) is 0 Å². The third kappa shape index (κ3) is 3.33. The minimum absolute atomic E-state index is 0.281. The van der Waals surface area contributed by atoms with Crippen molar-refractivity contribution >= 4 is 20.0 Å². The molecule has 1 aromatic heterocycles. The normalized spacial score (nSPS) is 15.1. The third-order valence-electron chi connectivity index (χ3n) is 3.08. The number of aryl methyl sites for hydroxylation is 1. The first-order chi connectivity index (χ1) is 9.42. The molecule has 20 heavy (non-hydrogen) atoms. The molecule has 1 aromatic rings. The van der Waals surface area contributed by atoms with E-state index in [1.165, 1.54) is 0 Å². The summed E-state index contributed by atoms with van der Waals surface area (Å²) in [4.78, 5) is 15.3. The van der Waals surface area contributed by atoms with Gasteiger partial charge in [0, 0.05) is 11.9 Å². The fourth-order valence-corrected chi connectivity index (χ4v) is 3.20. The molecule has 0 aromatic carbocycles. The van der Waals surface area contributed by atoms with Crippen LogP contribution in [0.2, 0.25) is 19.6 Å². The number of rotatable bonds is 4. The quantitative estimate of drug-likeness (QED) is 0.680. The van der Waals surface area contributed by atoms with Gasteiger partial charge in [0.15, 0.2) is 0 Å². The number of allylic oxidation sites excluding steroid dienone is 1. The van der Waals surface area contributed by atoms with E-state index in [0.717, 1.165) is 36.3 Å². The number of carbonyl (C=O) groups is 1. The highest BCUT2D eigenvalue weighted by Crippen LogP contribution is 2.32. The second-order valence-electron chi connectivity index (χ2n) is 5.95. The highest BCUT2D eigenvalue weighted by molar-refractivity contribution is 6.70. The van der Waals surface area contributed by atoms with Crippen molar-refractivity contribution in [1.29, 1.82) is 0 Å². The van der Waals surface area contributed by atoms with Crippen molar-refractivity contribution in [3.05, 3.63) is 29.1 Å². The summed E-state index contributed by atoms with van der Waals surface area (Å²) < 4.78 is 11.3. The molecule has 1 aliphatic carbocycles. The van der Waals surface area contributed by atoms with E-state index < -0.39 is 8.32 Å². The standard InChI is InChI=1S/C15H23NO3Si/c1-5-18-15(17)11-10-16-12-8-6-7-9-13(14(11)12)19-20(2,3)4/h9-10,16H,5-8H2,1-4H3. The van der Waals surface area contributed by atoms with E-state index >= 15 is 0 Å². The van der Waals surface area contributed by atoms with Crippen LogP contribution in [0.1, 0.15) is 41.4 Å². The third-order valence-corrected chi connectivity index (χ3v) is 3.91. The summed E-state index contributed by atoms with van der Waals surface area (Å²) in [7, 11) is -1.72. The van der Waals surface area contributed by atoms with Crippen LogP contribution in [-0.4, -0.2) is 25.9 Å². The SMILES string of the molecule is CCOC(=O)c1c[nH]c2c1C(O[Si](C)(C)C)=CCCC2. The molecule has 0 fully saturated rings. The zero-order valence-electron chi connectivity index (χ0n) is 12.7. The van der Waals surface area contributed by atoms with E-state index in [0.29, 0.717) is 12.2 Å². The lowest BCUT2D eigenvalue weighted by Gasteiger charge is -2.22. The highest BCUT2D eigenvalue weighted by atomic mass is 28.4. The van der Waals surface area contributed by atoms with Crippen molar-refractivity contribution in [2.24, 2.45) is 0 Å². The lowest BCUT2D eigenvalue weighted by Crippen LogP contribution is -2.25. The Hall–Kier alpha value is -1.49. The molecular formula is C15H23NO3Si. The van der Waals surface area contributed by atoms with Crippen LogP contribution in [0.3, 0.4) is 0 Å². The van der Waals surface area contributed by atoms with E-state index in [1.807, 2.05) is 6.92 Å². The number of H-pyrrole nitrogens is 1. The van der Waals surface area contributed by atoms with Crippen molar-refractivity contribution in [2.45, 2.75) is 45.8 Å². The first kappa shape index (κ1) is 14.9. The zero-order valence-corrected chi connectivity index (χ0v) is 13.7. The minimum Gasteiger partial charge on any atom is -0.544 e. The number of aromatic nitrogens is 1. The summed E-state index contributed by atoms with van der Waals surface area (Å²) in [5.74, 6) is 0.568. The van der Waals surface area contributed by atoms with Gasteiger partial charge in [-0.05, 0) is 51.9 Å². The molecule has 0 amide bonds. The average Bonchev–Trinajstić information content (AvgIpc) is 2.67. The molecule has 0 saturated carbocycles. The highest BCUT2D eigenvalue weighted by Gasteiger charge is 2.27. The number of fused-ring (bicyclic) bond motifs is 1. The summed E-state index contributed by atoms with van der Waals surface area (Å²) >= 11 is 0. The van der Waals surface area contributed by atoms with E-state index in [9.17, 15) is 4.79 Å². The van der Waals surface area contributed by atoms with Crippen molar-refractivity contribution in [2.75, 3.05) is 6.61 Å². The Balaban J connectivity index is 2.41. The average molecular weight is 293 g/mol. The Morgan fingerprint density at radius 2 is 2.15 bits per heavy atom. The Bertz CT molecular complexity index is 526. The summed E-state index contributed by atoms with van der Waals surface area (Å²) in [5, 5.41) is 0. The molecular weight excluding hydrogens is 270 g/mol. The van der Waals surface area contributed by atoms with Gasteiger partial charge in [-0.3, -0.25) is 0 Å². The molecule has 4 nitrogen and oxygen atoms in total. The summed E-state index contributed by atoms with van der Waals surface area (Å²) in [6, 6.07) is 0. The molecule has 0 spiro atoms. The molecule has 1 N–H and O–H groups in total. The van der Waals surface area contributed by atoms with Gasteiger partial charge < -0.3 is 14.1 Å². The molecule has 1 aliphatic rings. The van der Waals surface area contributed by atoms with Crippen LogP contribution in [0, 0.1) is 0 Å². The van der Waals surface area contributed by atoms with E-state index in [-0.39, 0.29) is 5.97 Å². The van der Waals surface area contributed by atoms with Gasteiger partial charge in [-0.1, -0.05) is 0 Å². The number of hydrogen-bond donors (Lipinski definition) is 1. The topological polar surface area (TPSA) is 51.3 Å². The number of aromatic amines is 1. The smallest absolute Gasteiger partial charge is 0.340 e. The van der Waals surface area contributed by atoms with Crippen LogP contribution in [0.25, 0.3) is 5.76 Å². The molecule has 2 rings (SSSR count). The van der Waals surface area contributed by atoms with Gasteiger partial charge in [0.1, 0.15) is 5.76 Å². The maximum Gasteiger partial charge on any atom is 0.340 e. The second kappa shape index (κ2) is 5.87. The van der Waals surface area contributed by atoms with Crippen LogP contribution in [0.15, 0.2) is 12.3 Å². The Kier molecular flexibility index (Phi) is 4.38. The number of ether oxygens (including phenoxy) is 1. The number of carbonyl (C=O) groups excluding carboxylic acids is 1. The molecule has 110 valence electrons. The lowest BCUT2D eigenvalue weighted by atomic mass is 10.1. The largest absolute Gasteiger partial charge is 0.544 e. The Morgan fingerprint density at radius 1 is 1.40 bits per heavy atom. The number of hydrogen-bond acceptors (Lipinski definition) is 3. The van der Waals surface area contributed by atoms with Gasteiger partial charge in [0.05, 0.1) is 17.7 Å². The van der Waals surface area contributed by atoms with Gasteiger partial charge in [-0.25, -0.2) is 4.79 Å². The fourth-order valence-electron chi connectivity index (χ4n) is 2.35. The maximum atomic E-state index is 12.1. The van der Waals surface area contributed by atoms with Crippen molar-refractivity contribution in [3.8, 4) is 0 Å². The second-order valence-corrected chi connectivity index (χ2v) is 10.4. The summed E-state index contributed by atoms with van der Waals surface area (Å²) in [6.45, 7) is 8.64. The molecule has 0 radical (unpaired) electrons. The molecule has 0 unspecified atom stereocenters. The molecule has 1 heterocycles. The van der Waals surface area contributed by atoms with Gasteiger partial charge >= 0.3 is 5.97 Å². The molecule has 0 saturated heterocycles. The number of esters is 1. The zero-order chi connectivity index (χ0) is 14.8. The van der Waals surface area contributed by atoms with E-state index in [2.05, 4.69) is 30.7 Å². The predicted octanol–water partition coefficient (Wildman–Crippen LogP) is 3.72. The van der Waals surface area contributed by atoms with Gasteiger partial charge in [0.2, 0.25) is 8.32 Å². The summed E-state index contributed by atoms with van der Waals surface area (Å²) in [6.07, 6.45) is 6.83. The van der Waals surface area contributed by atoms with Crippen molar-refractivity contribution in [1.82, 2.24) is 4.98 Å². The van der Waals surface area contributed by atoms with Crippen LogP contribution in [0.5, 0.6) is 0 Å². The molecule has 0 aliphatic heterocycles. The van der Waals surface area contributed by atoms with E-state index in [1.54, 1.807) is 6.20 Å².